The summed E-state index contributed by atoms with van der Waals surface area (Å²) in [5, 5.41) is 5.57. The van der Waals surface area contributed by atoms with E-state index in [0.29, 0.717) is 25.9 Å². The van der Waals surface area contributed by atoms with E-state index in [2.05, 4.69) is 27.8 Å². The molecule has 0 fully saturated rings. The van der Waals surface area contributed by atoms with Gasteiger partial charge in [-0.25, -0.2) is 4.98 Å². The van der Waals surface area contributed by atoms with Crippen molar-refractivity contribution < 1.29 is 9.47 Å². The minimum atomic E-state index is 0.302. The van der Waals surface area contributed by atoms with Crippen LogP contribution in [0.3, 0.4) is 0 Å². The maximum Gasteiger partial charge on any atom is 0.193 e. The molecule has 0 aliphatic heterocycles. The first-order chi connectivity index (χ1) is 9.83. The summed E-state index contributed by atoms with van der Waals surface area (Å²) in [7, 11) is 1.69. The maximum absolute atomic E-state index is 5.64. The third-order valence-corrected chi connectivity index (χ3v) is 3.80. The van der Waals surface area contributed by atoms with Crippen LogP contribution in [0.4, 0.5) is 0 Å². The molecule has 0 radical (unpaired) electrons. The molecule has 0 aliphatic carbocycles. The average Bonchev–Trinajstić information content (AvgIpc) is 3.01. The van der Waals surface area contributed by atoms with Gasteiger partial charge in [-0.15, -0.1) is 11.3 Å². The van der Waals surface area contributed by atoms with Crippen molar-refractivity contribution in [2.75, 3.05) is 33.5 Å². The number of ether oxygens (including phenoxy) is 2. The van der Waals surface area contributed by atoms with Gasteiger partial charge in [-0.1, -0.05) is 6.92 Å². The summed E-state index contributed by atoms with van der Waals surface area (Å²) in [6.45, 7) is 5.14. The number of imidazole rings is 1. The molecule has 2 aromatic rings. The lowest BCUT2D eigenvalue weighted by atomic mass is 10.2. The monoisotopic (exact) mass is 297 g/mol. The Bertz CT molecular complexity index is 469. The highest BCUT2D eigenvalue weighted by molar-refractivity contribution is 7.15. The summed E-state index contributed by atoms with van der Waals surface area (Å²) in [5.41, 5.74) is 1.11. The highest BCUT2D eigenvalue weighted by Crippen LogP contribution is 2.12. The number of rotatable bonds is 10. The van der Waals surface area contributed by atoms with Gasteiger partial charge in [0.25, 0.3) is 0 Å². The molecule has 0 saturated heterocycles. The van der Waals surface area contributed by atoms with Crippen LogP contribution in [0, 0.1) is 0 Å². The molecule has 2 heterocycles. The Morgan fingerprint density at radius 2 is 2.35 bits per heavy atom. The molecule has 0 aliphatic rings. The van der Waals surface area contributed by atoms with Crippen molar-refractivity contribution in [3.05, 3.63) is 23.5 Å². The molecule has 112 valence electrons. The van der Waals surface area contributed by atoms with Gasteiger partial charge >= 0.3 is 0 Å². The Kier molecular flexibility index (Phi) is 6.46. The number of hydrogen-bond donors (Lipinski definition) is 1. The van der Waals surface area contributed by atoms with Crippen molar-refractivity contribution in [3.8, 4) is 0 Å². The highest BCUT2D eigenvalue weighted by atomic mass is 32.1. The van der Waals surface area contributed by atoms with Gasteiger partial charge in [0.1, 0.15) is 0 Å². The number of hydrogen-bond acceptors (Lipinski definition) is 5. The molecule has 0 amide bonds. The van der Waals surface area contributed by atoms with E-state index in [1.54, 1.807) is 18.4 Å². The standard InChI is InChI=1S/C14H23N3O2S/c1-3-4-15-13(11-19-7-6-18-2)9-12-10-17-5-8-20-14(17)16-12/h5,8,10,13,15H,3-4,6-7,9,11H2,1-2H3. The second-order valence-corrected chi connectivity index (χ2v) is 5.62. The molecule has 0 bridgehead atoms. The van der Waals surface area contributed by atoms with Gasteiger partial charge in [-0.05, 0) is 13.0 Å². The Hall–Kier alpha value is -0.950. The number of nitrogens with zero attached hydrogens (tertiary/aromatic N) is 2. The summed E-state index contributed by atoms with van der Waals surface area (Å²) in [6.07, 6.45) is 6.15. The van der Waals surface area contributed by atoms with Crippen LogP contribution in [0.15, 0.2) is 17.8 Å². The zero-order valence-electron chi connectivity index (χ0n) is 12.2. The number of thiazole rings is 1. The Labute approximate surface area is 123 Å². The highest BCUT2D eigenvalue weighted by Gasteiger charge is 2.12. The Balaban J connectivity index is 1.86. The predicted octanol–water partition coefficient (Wildman–Crippen LogP) is 1.97. The van der Waals surface area contributed by atoms with E-state index in [-0.39, 0.29) is 0 Å². The molecule has 1 unspecified atom stereocenters. The number of aromatic nitrogens is 2. The van der Waals surface area contributed by atoms with Gasteiger partial charge < -0.3 is 14.8 Å². The fourth-order valence-electron chi connectivity index (χ4n) is 2.03. The molecule has 6 heteroatoms. The van der Waals surface area contributed by atoms with E-state index >= 15 is 0 Å². The average molecular weight is 297 g/mol. The molecule has 20 heavy (non-hydrogen) atoms. The molecule has 0 spiro atoms. The normalized spacial score (nSPS) is 13.1. The van der Waals surface area contributed by atoms with E-state index in [0.717, 1.165) is 30.0 Å². The zero-order valence-corrected chi connectivity index (χ0v) is 13.0. The topological polar surface area (TPSA) is 47.8 Å². The second kappa shape index (κ2) is 8.36. The van der Waals surface area contributed by atoms with Gasteiger partial charge in [0.15, 0.2) is 4.96 Å². The van der Waals surface area contributed by atoms with Crippen molar-refractivity contribution in [1.29, 1.82) is 0 Å². The molecule has 2 rings (SSSR count). The molecule has 1 atom stereocenters. The van der Waals surface area contributed by atoms with Crippen LogP contribution in [0.25, 0.3) is 4.96 Å². The van der Waals surface area contributed by atoms with Gasteiger partial charge in [0.2, 0.25) is 0 Å². The van der Waals surface area contributed by atoms with Crippen LogP contribution >= 0.6 is 11.3 Å². The van der Waals surface area contributed by atoms with Crippen molar-refractivity contribution in [2.24, 2.45) is 0 Å². The van der Waals surface area contributed by atoms with Gasteiger partial charge in [0, 0.05) is 37.3 Å². The van der Waals surface area contributed by atoms with Gasteiger partial charge in [0.05, 0.1) is 25.5 Å². The largest absolute Gasteiger partial charge is 0.382 e. The van der Waals surface area contributed by atoms with E-state index in [1.165, 1.54) is 0 Å². The minimum absolute atomic E-state index is 0.302. The molecular formula is C14H23N3O2S. The van der Waals surface area contributed by atoms with Crippen LogP contribution in [0.2, 0.25) is 0 Å². The minimum Gasteiger partial charge on any atom is -0.382 e. The molecule has 5 nitrogen and oxygen atoms in total. The maximum atomic E-state index is 5.64. The van der Waals surface area contributed by atoms with E-state index in [1.807, 2.05) is 11.6 Å². The summed E-state index contributed by atoms with van der Waals surface area (Å²) >= 11 is 1.66. The first-order valence-corrected chi connectivity index (χ1v) is 7.92. The van der Waals surface area contributed by atoms with Crippen LogP contribution < -0.4 is 5.32 Å². The lowest BCUT2D eigenvalue weighted by Crippen LogP contribution is -2.36. The quantitative estimate of drug-likeness (QED) is 0.681. The fourth-order valence-corrected chi connectivity index (χ4v) is 2.75. The van der Waals surface area contributed by atoms with Gasteiger partial charge in [-0.3, -0.25) is 4.40 Å². The fraction of sp³-hybridized carbons (Fsp3) is 0.643. The van der Waals surface area contributed by atoms with E-state index < -0.39 is 0 Å². The van der Waals surface area contributed by atoms with Crippen LogP contribution in [0.5, 0.6) is 0 Å². The lowest BCUT2D eigenvalue weighted by molar-refractivity contribution is 0.0586. The van der Waals surface area contributed by atoms with Crippen LogP contribution in [-0.2, 0) is 15.9 Å². The van der Waals surface area contributed by atoms with Crippen LogP contribution in [-0.4, -0.2) is 48.9 Å². The first kappa shape index (κ1) is 15.4. The van der Waals surface area contributed by atoms with E-state index in [9.17, 15) is 0 Å². The van der Waals surface area contributed by atoms with Gasteiger partial charge in [-0.2, -0.15) is 0 Å². The van der Waals surface area contributed by atoms with Crippen molar-refractivity contribution >= 4 is 16.3 Å². The Morgan fingerprint density at radius 3 is 3.10 bits per heavy atom. The predicted molar refractivity (Wildman–Crippen MR) is 81.5 cm³/mol. The van der Waals surface area contributed by atoms with Crippen molar-refractivity contribution in [2.45, 2.75) is 25.8 Å². The lowest BCUT2D eigenvalue weighted by Gasteiger charge is -2.17. The zero-order chi connectivity index (χ0) is 14.2. The molecule has 2 aromatic heterocycles. The van der Waals surface area contributed by atoms with Crippen LogP contribution in [0.1, 0.15) is 19.0 Å². The molecular weight excluding hydrogens is 274 g/mol. The molecule has 1 N–H and O–H groups in total. The smallest absolute Gasteiger partial charge is 0.193 e. The third kappa shape index (κ3) is 4.56. The third-order valence-electron chi connectivity index (χ3n) is 3.03. The number of nitrogens with one attached hydrogen (secondary N) is 1. The molecule has 0 aromatic carbocycles. The van der Waals surface area contributed by atoms with Crippen molar-refractivity contribution in [1.82, 2.24) is 14.7 Å². The molecule has 0 saturated carbocycles. The summed E-state index contributed by atoms with van der Waals surface area (Å²) in [4.78, 5) is 5.68. The number of fused-ring (bicyclic) bond motifs is 1. The summed E-state index contributed by atoms with van der Waals surface area (Å²) < 4.78 is 12.7. The summed E-state index contributed by atoms with van der Waals surface area (Å²) in [6, 6.07) is 0.302. The Morgan fingerprint density at radius 1 is 1.45 bits per heavy atom. The number of methoxy groups -OCH3 is 1. The van der Waals surface area contributed by atoms with E-state index in [4.69, 9.17) is 9.47 Å². The summed E-state index contributed by atoms with van der Waals surface area (Å²) in [5.74, 6) is 0. The second-order valence-electron chi connectivity index (χ2n) is 4.75. The van der Waals surface area contributed by atoms with Crippen molar-refractivity contribution in [3.63, 3.8) is 0 Å². The SMILES string of the molecule is CCCNC(COCCOC)Cc1cn2ccsc2n1. The first-order valence-electron chi connectivity index (χ1n) is 7.04.